The van der Waals surface area contributed by atoms with Crippen LogP contribution in [0.15, 0.2) is 90.3 Å². The quantitative estimate of drug-likeness (QED) is 0.273. The molecule has 10 nitrogen and oxygen atoms in total. The van der Waals surface area contributed by atoms with E-state index in [2.05, 4.69) is 51.0 Å². The van der Waals surface area contributed by atoms with E-state index in [1.807, 2.05) is 32.2 Å². The van der Waals surface area contributed by atoms with E-state index in [-0.39, 0.29) is 40.8 Å². The summed E-state index contributed by atoms with van der Waals surface area (Å²) in [7, 11) is -0.247. The first kappa shape index (κ1) is 31.2. The monoisotopic (exact) mass is 617 g/mol. The summed E-state index contributed by atoms with van der Waals surface area (Å²) in [5.74, 6) is -0.0213. The number of fused-ring (bicyclic) bond motifs is 1. The van der Waals surface area contributed by atoms with Crippen molar-refractivity contribution >= 4 is 21.6 Å². The third-order valence-corrected chi connectivity index (χ3v) is 9.14. The van der Waals surface area contributed by atoms with Crippen molar-refractivity contribution in [3.63, 3.8) is 0 Å². The Balaban J connectivity index is 1.36. The standard InChI is InChI=1S/C33H39N5O5S/c1-23-17-38(24(2)21-39)33(40)29-16-28(35-44(41,42)32-20-37(4)22-34-32)14-15-30(29)43-31(23)19-36(3)18-25-10-12-27(13-11-25)26-8-6-5-7-9-26/h5-16,20,22-24,31,35,39H,17-19,21H2,1-4H3/t23-,24-,31-/m0/s1. The first-order chi connectivity index (χ1) is 21.0. The number of rotatable bonds is 10. The molecule has 1 aliphatic heterocycles. The van der Waals surface area contributed by atoms with E-state index in [4.69, 9.17) is 4.74 Å². The first-order valence-electron chi connectivity index (χ1n) is 14.6. The molecule has 2 N–H and O–H groups in total. The Morgan fingerprint density at radius 3 is 2.45 bits per heavy atom. The largest absolute Gasteiger partial charge is 0.488 e. The van der Waals surface area contributed by atoms with Crippen LogP contribution in [0.1, 0.15) is 29.8 Å². The summed E-state index contributed by atoms with van der Waals surface area (Å²) >= 11 is 0. The highest BCUT2D eigenvalue weighted by atomic mass is 32.2. The van der Waals surface area contributed by atoms with Crippen LogP contribution in [0.2, 0.25) is 0 Å². The highest BCUT2D eigenvalue weighted by molar-refractivity contribution is 7.92. The van der Waals surface area contributed by atoms with Gasteiger partial charge in [-0.15, -0.1) is 0 Å². The van der Waals surface area contributed by atoms with Crippen LogP contribution in [0.25, 0.3) is 11.1 Å². The Hall–Kier alpha value is -4.19. The molecule has 0 fully saturated rings. The molecule has 4 aromatic rings. The second-order valence-electron chi connectivity index (χ2n) is 11.6. The van der Waals surface area contributed by atoms with Crippen molar-refractivity contribution < 1.29 is 23.1 Å². The molecule has 0 aliphatic carbocycles. The van der Waals surface area contributed by atoms with Gasteiger partial charge in [-0.1, -0.05) is 61.5 Å². The lowest BCUT2D eigenvalue weighted by molar-refractivity contribution is 0.0341. The topological polar surface area (TPSA) is 117 Å². The molecular weight excluding hydrogens is 578 g/mol. The van der Waals surface area contributed by atoms with E-state index in [1.165, 1.54) is 29.7 Å². The van der Waals surface area contributed by atoms with Gasteiger partial charge in [-0.3, -0.25) is 14.4 Å². The van der Waals surface area contributed by atoms with E-state index in [9.17, 15) is 18.3 Å². The number of likely N-dealkylation sites (N-methyl/N-ethyl adjacent to an activating group) is 1. The van der Waals surface area contributed by atoms with E-state index in [0.717, 1.165) is 5.56 Å². The minimum Gasteiger partial charge on any atom is -0.488 e. The molecule has 0 bridgehead atoms. The number of nitrogens with zero attached hydrogens (tertiary/aromatic N) is 4. The van der Waals surface area contributed by atoms with Crippen LogP contribution >= 0.6 is 0 Å². The summed E-state index contributed by atoms with van der Waals surface area (Å²) in [5.41, 5.74) is 3.94. The van der Waals surface area contributed by atoms with Gasteiger partial charge >= 0.3 is 0 Å². The average molecular weight is 618 g/mol. The number of hydrogen-bond acceptors (Lipinski definition) is 7. The van der Waals surface area contributed by atoms with Gasteiger partial charge in [0.1, 0.15) is 11.9 Å². The minimum atomic E-state index is -3.97. The van der Waals surface area contributed by atoms with Gasteiger partial charge in [0.05, 0.1) is 24.5 Å². The number of sulfonamides is 1. The van der Waals surface area contributed by atoms with Crippen molar-refractivity contribution in [2.24, 2.45) is 13.0 Å². The van der Waals surface area contributed by atoms with Gasteiger partial charge in [-0.25, -0.2) is 4.98 Å². The van der Waals surface area contributed by atoms with Crippen molar-refractivity contribution in [3.8, 4) is 16.9 Å². The van der Waals surface area contributed by atoms with Crippen LogP contribution in [0.5, 0.6) is 5.75 Å². The summed E-state index contributed by atoms with van der Waals surface area (Å²) in [4.78, 5) is 21.5. The van der Waals surface area contributed by atoms with Crippen molar-refractivity contribution in [3.05, 3.63) is 96.4 Å². The second-order valence-corrected chi connectivity index (χ2v) is 13.2. The third kappa shape index (κ3) is 7.12. The van der Waals surface area contributed by atoms with Gasteiger partial charge in [0.2, 0.25) is 0 Å². The second kappa shape index (κ2) is 13.2. The molecule has 0 unspecified atom stereocenters. The molecule has 0 saturated carbocycles. The van der Waals surface area contributed by atoms with E-state index < -0.39 is 16.1 Å². The predicted octanol–water partition coefficient (Wildman–Crippen LogP) is 4.24. The third-order valence-electron chi connectivity index (χ3n) is 7.88. The Bertz CT molecular complexity index is 1690. The Labute approximate surface area is 259 Å². The lowest BCUT2D eigenvalue weighted by Gasteiger charge is -2.38. The van der Waals surface area contributed by atoms with Crippen LogP contribution < -0.4 is 9.46 Å². The van der Waals surface area contributed by atoms with Gasteiger partial charge in [0.15, 0.2) is 5.03 Å². The van der Waals surface area contributed by atoms with Gasteiger partial charge < -0.3 is 19.3 Å². The number of carbonyl (C=O) groups excluding carboxylic acids is 1. The number of nitrogens with one attached hydrogen (secondary N) is 1. The van der Waals surface area contributed by atoms with Crippen LogP contribution in [0, 0.1) is 5.92 Å². The molecule has 0 radical (unpaired) electrons. The maximum atomic E-state index is 13.8. The molecule has 3 atom stereocenters. The van der Waals surface area contributed by atoms with Crippen LogP contribution in [0.3, 0.4) is 0 Å². The van der Waals surface area contributed by atoms with E-state index >= 15 is 0 Å². The highest BCUT2D eigenvalue weighted by Gasteiger charge is 2.34. The van der Waals surface area contributed by atoms with Crippen molar-refractivity contribution in [2.45, 2.75) is 37.6 Å². The molecule has 1 aromatic heterocycles. The smallest absolute Gasteiger partial charge is 0.280 e. The van der Waals surface area contributed by atoms with Crippen LogP contribution in [-0.4, -0.2) is 77.7 Å². The van der Waals surface area contributed by atoms with Gasteiger partial charge in [0, 0.05) is 44.5 Å². The van der Waals surface area contributed by atoms with Crippen molar-refractivity contribution in [1.29, 1.82) is 0 Å². The predicted molar refractivity (Wildman–Crippen MR) is 170 cm³/mol. The Morgan fingerprint density at radius 1 is 1.09 bits per heavy atom. The normalized spacial score (nSPS) is 17.9. The summed E-state index contributed by atoms with van der Waals surface area (Å²) in [6.07, 6.45) is 2.52. The maximum Gasteiger partial charge on any atom is 0.280 e. The molecule has 1 amide bonds. The van der Waals surface area contributed by atoms with Gasteiger partial charge in [-0.2, -0.15) is 8.42 Å². The SMILES string of the molecule is C[C@H]1CN([C@@H](C)CO)C(=O)c2cc(NS(=O)(=O)c3cn(C)cn3)ccc2O[C@H]1CN(C)Cc1ccc(-c2ccccc2)cc1. The number of amides is 1. The summed E-state index contributed by atoms with van der Waals surface area (Å²) < 4.78 is 36.4. The molecule has 11 heteroatoms. The Morgan fingerprint density at radius 2 is 1.80 bits per heavy atom. The molecule has 0 saturated heterocycles. The minimum absolute atomic E-state index is 0.0497. The molecule has 3 aromatic carbocycles. The number of aromatic nitrogens is 2. The number of aryl methyl sites for hydroxylation is 1. The molecular formula is C33H39N5O5S. The number of aliphatic hydroxyl groups excluding tert-OH is 1. The van der Waals surface area contributed by atoms with E-state index in [0.29, 0.717) is 25.4 Å². The summed E-state index contributed by atoms with van der Waals surface area (Å²) in [6, 6.07) is 23.0. The number of imidazole rings is 1. The van der Waals surface area contributed by atoms with Crippen LogP contribution in [-0.2, 0) is 23.6 Å². The Kier molecular flexibility index (Phi) is 9.38. The number of aliphatic hydroxyl groups is 1. The summed E-state index contributed by atoms with van der Waals surface area (Å²) in [5, 5.41) is 9.84. The van der Waals surface area contributed by atoms with Gasteiger partial charge in [0.25, 0.3) is 15.9 Å². The average Bonchev–Trinajstić information content (AvgIpc) is 3.47. The zero-order valence-electron chi connectivity index (χ0n) is 25.4. The van der Waals surface area contributed by atoms with Crippen molar-refractivity contribution in [2.75, 3.05) is 31.5 Å². The zero-order chi connectivity index (χ0) is 31.4. The first-order valence-corrected chi connectivity index (χ1v) is 16.1. The molecule has 5 rings (SSSR count). The van der Waals surface area contributed by atoms with Crippen LogP contribution in [0.4, 0.5) is 5.69 Å². The molecule has 1 aliphatic rings. The number of ether oxygens (including phenoxy) is 1. The molecule has 2 heterocycles. The lowest BCUT2D eigenvalue weighted by Crippen LogP contribution is -2.49. The fraction of sp³-hybridized carbons (Fsp3) is 0.333. The number of benzene rings is 3. The molecule has 44 heavy (non-hydrogen) atoms. The summed E-state index contributed by atoms with van der Waals surface area (Å²) in [6.45, 7) is 5.29. The van der Waals surface area contributed by atoms with Gasteiger partial charge in [-0.05, 0) is 48.9 Å². The lowest BCUT2D eigenvalue weighted by atomic mass is 9.99. The van der Waals surface area contributed by atoms with Crippen molar-refractivity contribution in [1.82, 2.24) is 19.4 Å². The number of carbonyl (C=O) groups is 1. The number of anilines is 1. The zero-order valence-corrected chi connectivity index (χ0v) is 26.2. The molecule has 232 valence electrons. The highest BCUT2D eigenvalue weighted by Crippen LogP contribution is 2.31. The maximum absolute atomic E-state index is 13.8. The fourth-order valence-corrected chi connectivity index (χ4v) is 6.39. The fourth-order valence-electron chi connectivity index (χ4n) is 5.36. The van der Waals surface area contributed by atoms with E-state index in [1.54, 1.807) is 35.6 Å². The molecule has 0 spiro atoms. The number of hydrogen-bond donors (Lipinski definition) is 2.